The average Bonchev–Trinajstić information content (AvgIpc) is 2.85. The molecule has 0 aliphatic heterocycles. The van der Waals surface area contributed by atoms with Gasteiger partial charge in [0.1, 0.15) is 10.8 Å². The van der Waals surface area contributed by atoms with E-state index in [2.05, 4.69) is 17.2 Å². The first-order chi connectivity index (χ1) is 8.76. The van der Waals surface area contributed by atoms with Crippen molar-refractivity contribution in [2.45, 2.75) is 19.3 Å². The summed E-state index contributed by atoms with van der Waals surface area (Å²) in [6.45, 7) is 3.04. The molecule has 2 rings (SSSR count). The van der Waals surface area contributed by atoms with Crippen LogP contribution in [0.4, 0.5) is 4.39 Å². The van der Waals surface area contributed by atoms with Crippen molar-refractivity contribution < 1.29 is 4.39 Å². The minimum Gasteiger partial charge on any atom is -0.319 e. The van der Waals surface area contributed by atoms with Crippen molar-refractivity contribution in [3.05, 3.63) is 41.2 Å². The van der Waals surface area contributed by atoms with Gasteiger partial charge in [0.05, 0.1) is 5.69 Å². The van der Waals surface area contributed by atoms with E-state index in [9.17, 15) is 4.39 Å². The standard InChI is InChI=1S/C14H17FN2S/c1-3-10(8-16-2)13-9-18-14(17-13)11-6-4-5-7-12(11)15/h4-7,9-10,16H,3,8H2,1-2H3. The molecule has 1 aromatic carbocycles. The third kappa shape index (κ3) is 2.76. The number of aromatic nitrogens is 1. The summed E-state index contributed by atoms with van der Waals surface area (Å²) in [6.07, 6.45) is 1.03. The van der Waals surface area contributed by atoms with Crippen LogP contribution >= 0.6 is 11.3 Å². The average molecular weight is 264 g/mol. The SMILES string of the molecule is CCC(CNC)c1csc(-c2ccccc2F)n1. The Hall–Kier alpha value is -1.26. The second-order valence-electron chi connectivity index (χ2n) is 4.22. The summed E-state index contributed by atoms with van der Waals surface area (Å²) < 4.78 is 13.7. The summed E-state index contributed by atoms with van der Waals surface area (Å²) in [5.41, 5.74) is 1.64. The Labute approximate surface area is 111 Å². The number of halogens is 1. The number of rotatable bonds is 5. The number of likely N-dealkylation sites (N-methyl/N-ethyl adjacent to an activating group) is 1. The van der Waals surface area contributed by atoms with Crippen molar-refractivity contribution in [3.8, 4) is 10.6 Å². The Bertz CT molecular complexity index is 510. The van der Waals surface area contributed by atoms with Crippen LogP contribution in [0.2, 0.25) is 0 Å². The minimum atomic E-state index is -0.208. The molecular formula is C14H17FN2S. The van der Waals surface area contributed by atoms with Crippen molar-refractivity contribution in [1.29, 1.82) is 0 Å². The van der Waals surface area contributed by atoms with E-state index in [0.717, 1.165) is 23.7 Å². The molecule has 0 bridgehead atoms. The lowest BCUT2D eigenvalue weighted by atomic mass is 10.0. The van der Waals surface area contributed by atoms with Crippen molar-refractivity contribution in [2.75, 3.05) is 13.6 Å². The highest BCUT2D eigenvalue weighted by molar-refractivity contribution is 7.13. The van der Waals surface area contributed by atoms with Gasteiger partial charge in [-0.3, -0.25) is 0 Å². The second-order valence-corrected chi connectivity index (χ2v) is 5.08. The lowest BCUT2D eigenvalue weighted by Gasteiger charge is -2.10. The molecule has 0 aliphatic rings. The molecule has 0 spiro atoms. The Morgan fingerprint density at radius 1 is 1.39 bits per heavy atom. The van der Waals surface area contributed by atoms with Crippen LogP contribution in [0.5, 0.6) is 0 Å². The third-order valence-electron chi connectivity index (χ3n) is 2.99. The van der Waals surface area contributed by atoms with Gasteiger partial charge in [-0.2, -0.15) is 0 Å². The predicted molar refractivity (Wildman–Crippen MR) is 74.5 cm³/mol. The summed E-state index contributed by atoms with van der Waals surface area (Å²) in [7, 11) is 1.94. The van der Waals surface area contributed by atoms with E-state index in [1.54, 1.807) is 12.1 Å². The highest BCUT2D eigenvalue weighted by Crippen LogP contribution is 2.29. The van der Waals surface area contributed by atoms with Crippen molar-refractivity contribution in [3.63, 3.8) is 0 Å². The fourth-order valence-corrected chi connectivity index (χ4v) is 2.86. The Morgan fingerprint density at radius 3 is 2.83 bits per heavy atom. The highest BCUT2D eigenvalue weighted by Gasteiger charge is 2.14. The van der Waals surface area contributed by atoms with Gasteiger partial charge in [-0.05, 0) is 25.6 Å². The third-order valence-corrected chi connectivity index (χ3v) is 3.88. The summed E-state index contributed by atoms with van der Waals surface area (Å²) in [6, 6.07) is 6.78. The number of hydrogen-bond donors (Lipinski definition) is 1. The van der Waals surface area contributed by atoms with Crippen molar-refractivity contribution >= 4 is 11.3 Å². The van der Waals surface area contributed by atoms with Crippen LogP contribution in [0.15, 0.2) is 29.6 Å². The Kier molecular flexibility index (Phi) is 4.44. The van der Waals surface area contributed by atoms with E-state index in [1.165, 1.54) is 17.4 Å². The van der Waals surface area contributed by atoms with Gasteiger partial charge in [-0.25, -0.2) is 9.37 Å². The maximum absolute atomic E-state index is 13.7. The number of hydrogen-bond acceptors (Lipinski definition) is 3. The molecule has 1 atom stereocenters. The normalized spacial score (nSPS) is 12.6. The molecule has 2 aromatic rings. The Balaban J connectivity index is 2.28. The number of nitrogens with one attached hydrogen (secondary N) is 1. The molecule has 1 heterocycles. The molecule has 1 unspecified atom stereocenters. The molecule has 1 aromatic heterocycles. The minimum absolute atomic E-state index is 0.208. The Morgan fingerprint density at radius 2 is 2.17 bits per heavy atom. The molecule has 2 nitrogen and oxygen atoms in total. The van der Waals surface area contributed by atoms with Gasteiger partial charge in [0.25, 0.3) is 0 Å². The maximum Gasteiger partial charge on any atom is 0.133 e. The van der Waals surface area contributed by atoms with Gasteiger partial charge in [0.2, 0.25) is 0 Å². The van der Waals surface area contributed by atoms with Crippen LogP contribution in [0.3, 0.4) is 0 Å². The van der Waals surface area contributed by atoms with Crippen molar-refractivity contribution in [1.82, 2.24) is 10.3 Å². The lowest BCUT2D eigenvalue weighted by Crippen LogP contribution is -2.16. The molecule has 18 heavy (non-hydrogen) atoms. The molecule has 1 N–H and O–H groups in total. The topological polar surface area (TPSA) is 24.9 Å². The van der Waals surface area contributed by atoms with E-state index >= 15 is 0 Å². The van der Waals surface area contributed by atoms with E-state index in [1.807, 2.05) is 18.5 Å². The van der Waals surface area contributed by atoms with E-state index in [0.29, 0.717) is 11.5 Å². The molecule has 96 valence electrons. The second kappa shape index (κ2) is 6.07. The molecule has 0 fully saturated rings. The van der Waals surface area contributed by atoms with E-state index in [-0.39, 0.29) is 5.82 Å². The quantitative estimate of drug-likeness (QED) is 0.891. The molecular weight excluding hydrogens is 247 g/mol. The zero-order chi connectivity index (χ0) is 13.0. The first-order valence-electron chi connectivity index (χ1n) is 6.11. The van der Waals surface area contributed by atoms with E-state index in [4.69, 9.17) is 0 Å². The summed E-state index contributed by atoms with van der Waals surface area (Å²) in [4.78, 5) is 4.57. The highest BCUT2D eigenvalue weighted by atomic mass is 32.1. The van der Waals surface area contributed by atoms with Gasteiger partial charge < -0.3 is 5.32 Å². The fourth-order valence-electron chi connectivity index (χ4n) is 1.94. The number of thiazole rings is 1. The number of nitrogens with zero attached hydrogens (tertiary/aromatic N) is 1. The molecule has 0 radical (unpaired) electrons. The van der Waals surface area contributed by atoms with Crippen LogP contribution in [0.1, 0.15) is 25.0 Å². The largest absolute Gasteiger partial charge is 0.319 e. The molecule has 0 saturated heterocycles. The van der Waals surface area contributed by atoms with Gasteiger partial charge >= 0.3 is 0 Å². The van der Waals surface area contributed by atoms with Crippen LogP contribution in [0, 0.1) is 5.82 Å². The van der Waals surface area contributed by atoms with Crippen LogP contribution in [-0.2, 0) is 0 Å². The smallest absolute Gasteiger partial charge is 0.133 e. The number of benzene rings is 1. The molecule has 0 saturated carbocycles. The van der Waals surface area contributed by atoms with Gasteiger partial charge in [-0.1, -0.05) is 19.1 Å². The van der Waals surface area contributed by atoms with Gasteiger partial charge in [-0.15, -0.1) is 11.3 Å². The van der Waals surface area contributed by atoms with Crippen molar-refractivity contribution in [2.24, 2.45) is 0 Å². The zero-order valence-electron chi connectivity index (χ0n) is 10.6. The van der Waals surface area contributed by atoms with Crippen LogP contribution < -0.4 is 5.32 Å². The zero-order valence-corrected chi connectivity index (χ0v) is 11.4. The predicted octanol–water partition coefficient (Wildman–Crippen LogP) is 3.66. The van der Waals surface area contributed by atoms with Gasteiger partial charge in [0.15, 0.2) is 0 Å². The maximum atomic E-state index is 13.7. The molecule has 0 amide bonds. The van der Waals surface area contributed by atoms with E-state index < -0.39 is 0 Å². The summed E-state index contributed by atoms with van der Waals surface area (Å²) in [5, 5.41) is 5.96. The lowest BCUT2D eigenvalue weighted by molar-refractivity contribution is 0.600. The van der Waals surface area contributed by atoms with Gasteiger partial charge in [0, 0.05) is 23.4 Å². The first-order valence-corrected chi connectivity index (χ1v) is 6.99. The van der Waals surface area contributed by atoms with Crippen LogP contribution in [-0.4, -0.2) is 18.6 Å². The fraction of sp³-hybridized carbons (Fsp3) is 0.357. The molecule has 0 aliphatic carbocycles. The molecule has 4 heteroatoms. The summed E-state index contributed by atoms with van der Waals surface area (Å²) >= 11 is 1.51. The monoisotopic (exact) mass is 264 g/mol. The first kappa shape index (κ1) is 13.2. The van der Waals surface area contributed by atoms with Crippen LogP contribution in [0.25, 0.3) is 10.6 Å². The summed E-state index contributed by atoms with van der Waals surface area (Å²) in [5.74, 6) is 0.187.